The Kier molecular flexibility index (Phi) is 2.86. The minimum absolute atomic E-state index is 0.123. The van der Waals surface area contributed by atoms with Crippen LogP contribution in [0.5, 0.6) is 0 Å². The first-order valence-corrected chi connectivity index (χ1v) is 4.60. The molecule has 0 saturated carbocycles. The Morgan fingerprint density at radius 1 is 1.56 bits per heavy atom. The maximum absolute atomic E-state index is 11.2. The Hall–Kier alpha value is -2.31. The van der Waals surface area contributed by atoms with Crippen LogP contribution in [0, 0.1) is 0 Å². The number of hydrogen-bond acceptors (Lipinski definition) is 7. The maximum atomic E-state index is 11.2. The predicted molar refractivity (Wildman–Crippen MR) is 51.3 cm³/mol. The van der Waals surface area contributed by atoms with Gasteiger partial charge in [0, 0.05) is 6.20 Å². The predicted octanol–water partition coefficient (Wildman–Crippen LogP) is 0.703. The van der Waals surface area contributed by atoms with Crippen LogP contribution < -0.4 is 0 Å². The summed E-state index contributed by atoms with van der Waals surface area (Å²) < 4.78 is 9.57. The third kappa shape index (κ3) is 2.02. The lowest BCUT2D eigenvalue weighted by molar-refractivity contribution is 0.0508. The highest BCUT2D eigenvalue weighted by molar-refractivity contribution is 5.85. The van der Waals surface area contributed by atoms with Gasteiger partial charge in [-0.05, 0) is 24.2 Å². The highest BCUT2D eigenvalue weighted by atomic mass is 16.5. The Bertz CT molecular complexity index is 483. The minimum Gasteiger partial charge on any atom is -0.460 e. The quantitative estimate of drug-likeness (QED) is 0.703. The Balaban J connectivity index is 2.23. The van der Waals surface area contributed by atoms with Gasteiger partial charge in [-0.25, -0.2) is 4.79 Å². The van der Waals surface area contributed by atoms with E-state index in [-0.39, 0.29) is 18.3 Å². The molecule has 7 nitrogen and oxygen atoms in total. The van der Waals surface area contributed by atoms with Crippen molar-refractivity contribution in [1.82, 2.24) is 20.3 Å². The minimum atomic E-state index is -0.624. The second kappa shape index (κ2) is 4.47. The zero-order chi connectivity index (χ0) is 11.4. The second-order valence-electron chi connectivity index (χ2n) is 2.75. The first-order chi connectivity index (χ1) is 7.81. The molecule has 0 radical (unpaired) electrons. The highest BCUT2D eigenvalue weighted by Gasteiger charge is 2.17. The normalized spacial score (nSPS) is 10.1. The van der Waals surface area contributed by atoms with E-state index in [0.29, 0.717) is 5.69 Å². The molecule has 2 aromatic rings. The maximum Gasteiger partial charge on any atom is 0.379 e. The van der Waals surface area contributed by atoms with Gasteiger partial charge >= 0.3 is 5.97 Å². The summed E-state index contributed by atoms with van der Waals surface area (Å²) in [6.07, 6.45) is 1.52. The van der Waals surface area contributed by atoms with Crippen molar-refractivity contribution in [2.45, 2.75) is 6.92 Å². The van der Waals surface area contributed by atoms with Gasteiger partial charge in [0.1, 0.15) is 0 Å². The Morgan fingerprint density at radius 3 is 3.12 bits per heavy atom. The summed E-state index contributed by atoms with van der Waals surface area (Å²) in [6, 6.07) is 3.33. The summed E-state index contributed by atoms with van der Waals surface area (Å²) in [5, 5.41) is 10.9. The summed E-state index contributed by atoms with van der Waals surface area (Å²) in [4.78, 5) is 15.1. The van der Waals surface area contributed by atoms with Crippen molar-refractivity contribution in [2.75, 3.05) is 6.61 Å². The first-order valence-electron chi connectivity index (χ1n) is 4.60. The van der Waals surface area contributed by atoms with Crippen molar-refractivity contribution >= 4 is 5.97 Å². The molecule has 0 aliphatic heterocycles. The van der Waals surface area contributed by atoms with Gasteiger partial charge in [-0.2, -0.15) is 10.1 Å². The van der Waals surface area contributed by atoms with E-state index in [1.54, 1.807) is 19.1 Å². The lowest BCUT2D eigenvalue weighted by Crippen LogP contribution is -2.06. The number of carbonyl (C=O) groups is 1. The molecular weight excluding hydrogens is 212 g/mol. The van der Waals surface area contributed by atoms with Crippen LogP contribution in [-0.4, -0.2) is 32.9 Å². The molecule has 0 spiro atoms. The van der Waals surface area contributed by atoms with Crippen LogP contribution in [0.3, 0.4) is 0 Å². The molecule has 0 amide bonds. The van der Waals surface area contributed by atoms with Gasteiger partial charge in [-0.1, -0.05) is 0 Å². The molecule has 0 N–H and O–H groups in total. The number of aromatic nitrogens is 4. The number of nitrogens with zero attached hydrogens (tertiary/aromatic N) is 4. The summed E-state index contributed by atoms with van der Waals surface area (Å²) in [6.45, 7) is 1.95. The zero-order valence-electron chi connectivity index (χ0n) is 8.45. The molecule has 7 heteroatoms. The van der Waals surface area contributed by atoms with Crippen molar-refractivity contribution in [3.05, 3.63) is 24.2 Å². The monoisotopic (exact) mass is 220 g/mol. The SMILES string of the molecule is CCOC(=O)c1noc(-c2cccnn2)n1. The van der Waals surface area contributed by atoms with E-state index in [4.69, 9.17) is 9.26 Å². The molecular formula is C9H8N4O3. The second-order valence-corrected chi connectivity index (χ2v) is 2.75. The number of ether oxygens (including phenoxy) is 1. The molecule has 0 saturated heterocycles. The lowest BCUT2D eigenvalue weighted by atomic mass is 10.4. The van der Waals surface area contributed by atoms with Crippen LogP contribution in [0.1, 0.15) is 17.5 Å². The molecule has 0 bridgehead atoms. The first kappa shape index (κ1) is 10.2. The fourth-order valence-corrected chi connectivity index (χ4v) is 1.02. The van der Waals surface area contributed by atoms with Crippen molar-refractivity contribution < 1.29 is 14.1 Å². The Morgan fingerprint density at radius 2 is 2.44 bits per heavy atom. The molecule has 0 aliphatic rings. The number of hydrogen-bond donors (Lipinski definition) is 0. The van der Waals surface area contributed by atoms with Gasteiger partial charge in [0.2, 0.25) is 0 Å². The van der Waals surface area contributed by atoms with Crippen LogP contribution in [0.2, 0.25) is 0 Å². The number of esters is 1. The van der Waals surface area contributed by atoms with Crippen molar-refractivity contribution in [3.63, 3.8) is 0 Å². The van der Waals surface area contributed by atoms with Crippen molar-refractivity contribution in [1.29, 1.82) is 0 Å². The van der Waals surface area contributed by atoms with Crippen LogP contribution in [0.4, 0.5) is 0 Å². The summed E-state index contributed by atoms with van der Waals surface area (Å²) in [5.41, 5.74) is 0.408. The largest absolute Gasteiger partial charge is 0.460 e. The fraction of sp³-hybridized carbons (Fsp3) is 0.222. The third-order valence-electron chi connectivity index (χ3n) is 1.68. The molecule has 16 heavy (non-hydrogen) atoms. The number of carbonyl (C=O) groups excluding carboxylic acids is 1. The molecule has 0 unspecified atom stereocenters. The molecule has 0 aromatic carbocycles. The average molecular weight is 220 g/mol. The fourth-order valence-electron chi connectivity index (χ4n) is 1.02. The third-order valence-corrected chi connectivity index (χ3v) is 1.68. The summed E-state index contributed by atoms with van der Waals surface area (Å²) >= 11 is 0. The van der Waals surface area contributed by atoms with E-state index in [9.17, 15) is 4.79 Å². The van der Waals surface area contributed by atoms with Crippen molar-refractivity contribution in [2.24, 2.45) is 0 Å². The topological polar surface area (TPSA) is 91.0 Å². The molecule has 0 aliphatic carbocycles. The lowest BCUT2D eigenvalue weighted by Gasteiger charge is -1.93. The van der Waals surface area contributed by atoms with E-state index in [0.717, 1.165) is 0 Å². The summed E-state index contributed by atoms with van der Waals surface area (Å²) in [5.74, 6) is -0.611. The zero-order valence-corrected chi connectivity index (χ0v) is 8.45. The van der Waals surface area contributed by atoms with Crippen molar-refractivity contribution in [3.8, 4) is 11.6 Å². The average Bonchev–Trinajstić information content (AvgIpc) is 2.80. The van der Waals surface area contributed by atoms with Gasteiger partial charge in [-0.15, -0.1) is 5.10 Å². The van der Waals surface area contributed by atoms with E-state index >= 15 is 0 Å². The van der Waals surface area contributed by atoms with Crippen LogP contribution in [0.15, 0.2) is 22.9 Å². The molecule has 2 aromatic heterocycles. The molecule has 2 heterocycles. The Labute approximate surface area is 90.5 Å². The molecule has 0 fully saturated rings. The smallest absolute Gasteiger partial charge is 0.379 e. The van der Waals surface area contributed by atoms with E-state index < -0.39 is 5.97 Å². The standard InChI is InChI=1S/C9H8N4O3/c1-2-15-9(14)7-11-8(16-13-7)6-4-3-5-10-12-6/h3-5H,2H2,1H3. The van der Waals surface area contributed by atoms with Gasteiger partial charge in [0.15, 0.2) is 5.69 Å². The molecule has 0 atom stereocenters. The van der Waals surface area contributed by atoms with E-state index in [2.05, 4.69) is 20.3 Å². The molecule has 2 rings (SSSR count). The van der Waals surface area contributed by atoms with Crippen LogP contribution >= 0.6 is 0 Å². The van der Waals surface area contributed by atoms with Gasteiger partial charge < -0.3 is 9.26 Å². The van der Waals surface area contributed by atoms with E-state index in [1.807, 2.05) is 0 Å². The highest BCUT2D eigenvalue weighted by Crippen LogP contribution is 2.12. The van der Waals surface area contributed by atoms with Gasteiger partial charge in [0.25, 0.3) is 11.7 Å². The van der Waals surface area contributed by atoms with Crippen LogP contribution in [0.25, 0.3) is 11.6 Å². The summed E-state index contributed by atoms with van der Waals surface area (Å²) in [7, 11) is 0. The van der Waals surface area contributed by atoms with E-state index in [1.165, 1.54) is 6.20 Å². The molecule has 82 valence electrons. The van der Waals surface area contributed by atoms with Gasteiger partial charge in [0.05, 0.1) is 6.61 Å². The van der Waals surface area contributed by atoms with Gasteiger partial charge in [-0.3, -0.25) is 0 Å². The van der Waals surface area contributed by atoms with Crippen LogP contribution in [-0.2, 0) is 4.74 Å². The number of rotatable bonds is 3.